The number of ether oxygens (including phenoxy) is 14. The number of nitrogens with zero attached hydrogens (tertiary/aromatic N) is 7. The summed E-state index contributed by atoms with van der Waals surface area (Å²) in [5.41, 5.74) is 6.86. The lowest BCUT2D eigenvalue weighted by Gasteiger charge is -2.50. The van der Waals surface area contributed by atoms with Crippen molar-refractivity contribution in [1.82, 2.24) is 34.5 Å². The van der Waals surface area contributed by atoms with Crippen LogP contribution in [0.15, 0.2) is 18.9 Å². The van der Waals surface area contributed by atoms with Gasteiger partial charge < -0.3 is 179 Å². The molecule has 21 fully saturated rings. The highest BCUT2D eigenvalue weighted by molar-refractivity contribution is 5.81. The maximum Gasteiger partial charge on any atom is 0.187 e. The number of hydrogen-bond donors (Lipinski definition) is 21. The zero-order valence-corrected chi connectivity index (χ0v) is 48.0. The van der Waals surface area contributed by atoms with Crippen molar-refractivity contribution in [3.63, 3.8) is 0 Å². The van der Waals surface area contributed by atoms with Crippen LogP contribution in [0.5, 0.6) is 0 Å². The van der Waals surface area contributed by atoms with E-state index < -0.39 is 261 Å². The molecule has 14 bridgehead atoms. The van der Waals surface area contributed by atoms with Gasteiger partial charge in [-0.1, -0.05) is 5.21 Å². The molecule has 0 aromatic carbocycles. The van der Waals surface area contributed by atoms with Gasteiger partial charge in [0.05, 0.1) is 65.3 Å². The summed E-state index contributed by atoms with van der Waals surface area (Å²) < 4.78 is 84.5. The maximum absolute atomic E-state index is 12.0. The average Bonchev–Trinajstić information content (AvgIpc) is 0.994. The highest BCUT2D eigenvalue weighted by atomic mass is 16.8. The Morgan fingerprint density at radius 1 is 0.348 bits per heavy atom. The molecule has 21 unspecified atom stereocenters. The second-order valence-corrected chi connectivity index (χ2v) is 23.2. The molecular weight excluding hydrogens is 1260 g/mol. The summed E-state index contributed by atoms with van der Waals surface area (Å²) in [6.07, 6.45) is -67.0. The monoisotopic (exact) mass is 1330 g/mol. The first-order chi connectivity index (χ1) is 44.0. The lowest BCUT2D eigenvalue weighted by Crippen LogP contribution is -2.68. The Kier molecular flexibility index (Phi) is 21.9. The van der Waals surface area contributed by atoms with Crippen LogP contribution >= 0.6 is 0 Å². The molecular formula is C50H76N8O34. The van der Waals surface area contributed by atoms with E-state index in [1.807, 2.05) is 0 Å². The van der Waals surface area contributed by atoms with Crippen molar-refractivity contribution in [3.05, 3.63) is 24.5 Å². The molecule has 24 rings (SSSR count). The topological polar surface area (TPSA) is 634 Å². The quantitative estimate of drug-likeness (QED) is 0.0896. The molecule has 21 saturated heterocycles. The molecule has 3 aromatic heterocycles. The fraction of sp³-hybridized carbons (Fsp3) is 0.860. The van der Waals surface area contributed by atoms with Gasteiger partial charge in [-0.3, -0.25) is 0 Å². The molecule has 0 amide bonds. The van der Waals surface area contributed by atoms with Crippen molar-refractivity contribution in [2.45, 2.75) is 228 Å². The summed E-state index contributed by atoms with van der Waals surface area (Å²) in [5.74, 6) is 0.0996. The van der Waals surface area contributed by atoms with Crippen molar-refractivity contribution in [2.75, 3.05) is 45.4 Å². The Morgan fingerprint density at radius 3 is 0.902 bits per heavy atom. The van der Waals surface area contributed by atoms with E-state index in [4.69, 9.17) is 72.0 Å². The summed E-state index contributed by atoms with van der Waals surface area (Å²) >= 11 is 0. The first kappa shape index (κ1) is 69.5. The van der Waals surface area contributed by atoms with Crippen LogP contribution in [0.4, 0.5) is 5.82 Å². The second kappa shape index (κ2) is 29.1. The van der Waals surface area contributed by atoms with Crippen molar-refractivity contribution >= 4 is 17.0 Å². The SMILES string of the molecule is Nc1ncnc2c1ncn2Cc1cn(CC2O[C@@H]3O[C@@H]4C(CO)O[C@H](O[C@@H]5C(CO)O[C@H](O[C@@H]6C(CO)O[C@H](O[C@@H]7C(CO)O[C@H](O[C@@H]8C(CO)O[C@H](O[C@@H]9C(CO)O[C@H](O[C@H]2C(O)C3O)C(O)C9O)C(O)C8O)C(O)C7O)C(O)C6O)C(O)C5O)C(O)C4O)nn1. The molecule has 92 heavy (non-hydrogen) atoms. The van der Waals surface area contributed by atoms with Crippen LogP contribution in [-0.4, -0.2) is 391 Å². The van der Waals surface area contributed by atoms with Crippen molar-refractivity contribution in [3.8, 4) is 0 Å². The summed E-state index contributed by atoms with van der Waals surface area (Å²) in [6, 6.07) is 0. The Labute approximate surface area is 517 Å². The van der Waals surface area contributed by atoms with Gasteiger partial charge in [0, 0.05) is 0 Å². The van der Waals surface area contributed by atoms with Crippen molar-refractivity contribution < 1.29 is 168 Å². The predicted octanol–water partition coefficient (Wildman–Crippen LogP) is -15.2. The van der Waals surface area contributed by atoms with E-state index in [0.717, 1.165) is 0 Å². The largest absolute Gasteiger partial charge is 0.394 e. The molecule has 0 saturated carbocycles. The Hall–Kier alpha value is -3.87. The summed E-state index contributed by atoms with van der Waals surface area (Å²) in [5, 5.41) is 233. The second-order valence-electron chi connectivity index (χ2n) is 23.2. The molecule has 3 aromatic rings. The minimum absolute atomic E-state index is 0.00170. The van der Waals surface area contributed by atoms with E-state index in [-0.39, 0.29) is 23.6 Å². The van der Waals surface area contributed by atoms with Gasteiger partial charge in [-0.15, -0.1) is 5.10 Å². The van der Waals surface area contributed by atoms with Crippen LogP contribution in [0, 0.1) is 0 Å². The Balaban J connectivity index is 0.893. The fourth-order valence-electron chi connectivity index (χ4n) is 12.3. The molecule has 21 aliphatic heterocycles. The highest BCUT2D eigenvalue weighted by Gasteiger charge is 2.60. The smallest absolute Gasteiger partial charge is 0.187 e. The van der Waals surface area contributed by atoms with E-state index in [1.165, 1.54) is 23.5 Å². The van der Waals surface area contributed by atoms with Gasteiger partial charge in [0.2, 0.25) is 0 Å². The van der Waals surface area contributed by atoms with Gasteiger partial charge >= 0.3 is 0 Å². The first-order valence-corrected chi connectivity index (χ1v) is 29.2. The van der Waals surface area contributed by atoms with Crippen LogP contribution in [0.25, 0.3) is 11.2 Å². The zero-order chi connectivity index (χ0) is 65.9. The molecule has 22 N–H and O–H groups in total. The van der Waals surface area contributed by atoms with Crippen LogP contribution in [-0.2, 0) is 79.4 Å². The van der Waals surface area contributed by atoms with Gasteiger partial charge in [0.1, 0.15) is 188 Å². The number of aromatic nitrogens is 7. The molecule has 0 radical (unpaired) electrons. The maximum atomic E-state index is 12.0. The molecule has 42 nitrogen and oxygen atoms in total. The third-order valence-electron chi connectivity index (χ3n) is 17.3. The Bertz CT molecular complexity index is 2850. The number of hydrogen-bond acceptors (Lipinski definition) is 40. The number of fused-ring (bicyclic) bond motifs is 1. The number of nitrogens with two attached hydrogens (primary N) is 1. The van der Waals surface area contributed by atoms with E-state index in [1.54, 1.807) is 4.57 Å². The number of aliphatic hydroxyl groups excluding tert-OH is 20. The molecule has 35 atom stereocenters. The highest BCUT2D eigenvalue weighted by Crippen LogP contribution is 2.39. The summed E-state index contributed by atoms with van der Waals surface area (Å²) in [4.78, 5) is 12.4. The summed E-state index contributed by atoms with van der Waals surface area (Å²) in [7, 11) is 0. The molecule has 21 aliphatic rings. The van der Waals surface area contributed by atoms with Gasteiger partial charge in [-0.2, -0.15) is 0 Å². The van der Waals surface area contributed by atoms with Crippen LogP contribution in [0.3, 0.4) is 0 Å². The van der Waals surface area contributed by atoms with Gasteiger partial charge in [-0.05, 0) is 0 Å². The van der Waals surface area contributed by atoms with Crippen LogP contribution in [0.1, 0.15) is 5.69 Å². The van der Waals surface area contributed by atoms with Crippen molar-refractivity contribution in [2.24, 2.45) is 0 Å². The van der Waals surface area contributed by atoms with Gasteiger partial charge in [-0.25, -0.2) is 19.6 Å². The van der Waals surface area contributed by atoms with E-state index in [9.17, 15) is 102 Å². The average molecular weight is 1330 g/mol. The van der Waals surface area contributed by atoms with Crippen LogP contribution < -0.4 is 5.73 Å². The number of aliphatic hydroxyl groups is 20. The number of rotatable bonds is 10. The number of imidazole rings is 1. The normalized spacial score (nSPS) is 48.3. The molecule has 0 aliphatic carbocycles. The number of anilines is 1. The van der Waals surface area contributed by atoms with Crippen LogP contribution in [0.2, 0.25) is 0 Å². The molecule has 0 spiro atoms. The minimum atomic E-state index is -2.25. The summed E-state index contributed by atoms with van der Waals surface area (Å²) in [6.45, 7) is -6.88. The lowest BCUT2D eigenvalue weighted by atomic mass is 9.95. The van der Waals surface area contributed by atoms with E-state index in [2.05, 4.69) is 25.3 Å². The predicted molar refractivity (Wildman–Crippen MR) is 280 cm³/mol. The third kappa shape index (κ3) is 13.4. The third-order valence-corrected chi connectivity index (χ3v) is 17.3. The molecule has 42 heteroatoms. The van der Waals surface area contributed by atoms with E-state index in [0.29, 0.717) is 5.65 Å². The standard InChI is InChI=1S/C50H76N8O34/c51-42-20-43(53-10-52-42)57(11-54-20)1-12-2-58(56-55-12)3-13-35-21(65)28(72)44(79-13)87-36-14(4-59)81-46(30(74)23(36)67)89-38-16(6-61)83-48(32(76)25(38)69)91-40-18(8-63)85-50(34(78)27(40)71)92-41-19(9-64)84-49(33(77)26(41)70)90-39-17(7-62)82-47(31(75)24(39)68)88-37-15(5-60)80-45(86-35)29(73)22(37)66/h2,10-11,13-19,21-41,44-50,59-78H,1,3-9H2,(H2,51,52,53)/t13?,14?,15?,16?,17?,18?,19?,21?,22?,23?,24?,25?,26?,27?,28?,29?,30?,31?,32?,33?,34?,35-,36-,37-,38-,39-,40-,41-,44-,45-,46-,47-,48-,49-,50-/m1/s1. The Morgan fingerprint density at radius 2 is 0.620 bits per heavy atom. The zero-order valence-electron chi connectivity index (χ0n) is 48.0. The lowest BCUT2D eigenvalue weighted by molar-refractivity contribution is -0.396. The van der Waals surface area contributed by atoms with Gasteiger partial charge in [0.25, 0.3) is 0 Å². The van der Waals surface area contributed by atoms with Gasteiger partial charge in [0.15, 0.2) is 55.5 Å². The molecule has 520 valence electrons. The van der Waals surface area contributed by atoms with E-state index >= 15 is 0 Å². The van der Waals surface area contributed by atoms with Crippen molar-refractivity contribution in [1.29, 1.82) is 0 Å². The fourth-order valence-corrected chi connectivity index (χ4v) is 12.3. The number of nitrogen functional groups attached to an aromatic ring is 1. The minimum Gasteiger partial charge on any atom is -0.394 e. The molecule has 24 heterocycles. The first-order valence-electron chi connectivity index (χ1n) is 29.2.